The molecular formula is C21H12BrN5O2. The van der Waals surface area contributed by atoms with Crippen LogP contribution in [0.4, 0.5) is 5.69 Å². The molecule has 0 fully saturated rings. The first-order valence-corrected chi connectivity index (χ1v) is 9.56. The molecule has 8 heteroatoms. The highest BCUT2D eigenvalue weighted by atomic mass is 79.9. The molecule has 0 unspecified atom stereocenters. The summed E-state index contributed by atoms with van der Waals surface area (Å²) in [6.07, 6.45) is 0. The highest BCUT2D eigenvalue weighted by molar-refractivity contribution is 9.10. The molecule has 140 valence electrons. The Hall–Kier alpha value is -3.65. The first-order valence-electron chi connectivity index (χ1n) is 8.77. The molecule has 0 aliphatic carbocycles. The van der Waals surface area contributed by atoms with Gasteiger partial charge >= 0.3 is 0 Å². The Bertz CT molecular complexity index is 1380. The minimum Gasteiger partial charge on any atom is -0.258 e. The molecule has 0 saturated heterocycles. The molecular weight excluding hydrogens is 434 g/mol. The van der Waals surface area contributed by atoms with Crippen molar-refractivity contribution in [2.24, 2.45) is 0 Å². The van der Waals surface area contributed by atoms with Gasteiger partial charge in [-0.2, -0.15) is 5.10 Å². The summed E-state index contributed by atoms with van der Waals surface area (Å²) in [6.45, 7) is 0. The summed E-state index contributed by atoms with van der Waals surface area (Å²) in [4.78, 5) is 10.6. The van der Waals surface area contributed by atoms with Gasteiger partial charge in [0, 0.05) is 27.6 Å². The van der Waals surface area contributed by atoms with Gasteiger partial charge in [-0.25, -0.2) is 4.68 Å². The maximum atomic E-state index is 11.0. The van der Waals surface area contributed by atoms with Crippen molar-refractivity contribution in [3.05, 3.63) is 87.4 Å². The molecule has 2 aromatic heterocycles. The molecule has 0 N–H and O–H groups in total. The van der Waals surface area contributed by atoms with E-state index in [1.54, 1.807) is 12.1 Å². The Balaban J connectivity index is 1.82. The number of nitro benzene ring substituents is 1. The second kappa shape index (κ2) is 6.75. The van der Waals surface area contributed by atoms with E-state index in [9.17, 15) is 10.1 Å². The Labute approximate surface area is 172 Å². The van der Waals surface area contributed by atoms with E-state index >= 15 is 0 Å². The summed E-state index contributed by atoms with van der Waals surface area (Å²) in [5.74, 6) is 0. The summed E-state index contributed by atoms with van der Waals surface area (Å²) in [5.41, 5.74) is 4.52. The van der Waals surface area contributed by atoms with Crippen molar-refractivity contribution in [2.75, 3.05) is 0 Å². The van der Waals surface area contributed by atoms with Crippen LogP contribution in [0.15, 0.2) is 77.3 Å². The summed E-state index contributed by atoms with van der Waals surface area (Å²) >= 11 is 3.46. The van der Waals surface area contributed by atoms with E-state index in [0.29, 0.717) is 11.2 Å². The van der Waals surface area contributed by atoms with Crippen LogP contribution in [0.5, 0.6) is 0 Å². The third-order valence-electron chi connectivity index (χ3n) is 4.70. The van der Waals surface area contributed by atoms with Crippen LogP contribution in [0.2, 0.25) is 0 Å². The minimum atomic E-state index is -0.421. The van der Waals surface area contributed by atoms with Gasteiger partial charge < -0.3 is 0 Å². The van der Waals surface area contributed by atoms with E-state index in [1.807, 2.05) is 53.2 Å². The third kappa shape index (κ3) is 2.94. The molecule has 0 atom stereocenters. The topological polar surface area (TPSA) is 86.7 Å². The van der Waals surface area contributed by atoms with Gasteiger partial charge in [0.15, 0.2) is 0 Å². The van der Waals surface area contributed by atoms with Crippen LogP contribution in [0, 0.1) is 10.1 Å². The molecule has 0 bridgehead atoms. The van der Waals surface area contributed by atoms with Crippen LogP contribution < -0.4 is 0 Å². The van der Waals surface area contributed by atoms with Crippen molar-refractivity contribution in [1.29, 1.82) is 0 Å². The van der Waals surface area contributed by atoms with Crippen molar-refractivity contribution in [1.82, 2.24) is 20.0 Å². The molecule has 0 amide bonds. The van der Waals surface area contributed by atoms with Crippen LogP contribution in [0.25, 0.3) is 38.9 Å². The number of rotatable bonds is 3. The van der Waals surface area contributed by atoms with E-state index < -0.39 is 4.92 Å². The van der Waals surface area contributed by atoms with Crippen LogP contribution >= 0.6 is 15.9 Å². The molecule has 2 heterocycles. The molecule has 5 aromatic rings. The van der Waals surface area contributed by atoms with Gasteiger partial charge in [0.25, 0.3) is 5.69 Å². The fourth-order valence-electron chi connectivity index (χ4n) is 3.32. The number of nitro groups is 1. The van der Waals surface area contributed by atoms with E-state index in [2.05, 4.69) is 26.1 Å². The van der Waals surface area contributed by atoms with Crippen molar-refractivity contribution >= 4 is 43.6 Å². The fourth-order valence-corrected chi connectivity index (χ4v) is 3.58. The summed E-state index contributed by atoms with van der Waals surface area (Å²) < 4.78 is 2.81. The van der Waals surface area contributed by atoms with E-state index in [-0.39, 0.29) is 5.69 Å². The molecule has 0 aliphatic rings. The predicted octanol–water partition coefficient (Wildman–Crippen LogP) is 5.31. The second-order valence-electron chi connectivity index (χ2n) is 6.46. The zero-order valence-electron chi connectivity index (χ0n) is 14.9. The zero-order valence-corrected chi connectivity index (χ0v) is 16.4. The number of benzene rings is 3. The normalized spacial score (nSPS) is 11.2. The maximum Gasteiger partial charge on any atom is 0.269 e. The van der Waals surface area contributed by atoms with E-state index in [4.69, 9.17) is 5.10 Å². The van der Waals surface area contributed by atoms with Crippen LogP contribution in [0.1, 0.15) is 0 Å². The first-order chi connectivity index (χ1) is 14.1. The first kappa shape index (κ1) is 17.4. The van der Waals surface area contributed by atoms with Gasteiger partial charge in [0.2, 0.25) is 0 Å². The van der Waals surface area contributed by atoms with Crippen molar-refractivity contribution in [3.63, 3.8) is 0 Å². The number of halogens is 1. The molecule has 3 aromatic carbocycles. The molecule has 0 aliphatic heterocycles. The van der Waals surface area contributed by atoms with Gasteiger partial charge in [0.05, 0.1) is 16.1 Å². The van der Waals surface area contributed by atoms with Gasteiger partial charge in [-0.1, -0.05) is 34.1 Å². The Morgan fingerprint density at radius 3 is 2.34 bits per heavy atom. The molecule has 0 radical (unpaired) electrons. The van der Waals surface area contributed by atoms with Gasteiger partial charge in [-0.15, -0.1) is 10.2 Å². The number of hydrogen-bond acceptors (Lipinski definition) is 5. The Kier molecular flexibility index (Phi) is 4.06. The summed E-state index contributed by atoms with van der Waals surface area (Å²) in [5, 5.41) is 25.5. The highest BCUT2D eigenvalue weighted by Crippen LogP contribution is 2.33. The maximum absolute atomic E-state index is 11.0. The summed E-state index contributed by atoms with van der Waals surface area (Å²) in [6, 6.07) is 21.9. The Morgan fingerprint density at radius 2 is 1.62 bits per heavy atom. The highest BCUT2D eigenvalue weighted by Gasteiger charge is 2.19. The number of aromatic nitrogens is 4. The average Bonchev–Trinajstić information content (AvgIpc) is 3.14. The monoisotopic (exact) mass is 445 g/mol. The van der Waals surface area contributed by atoms with Crippen molar-refractivity contribution in [2.45, 2.75) is 0 Å². The number of fused-ring (bicyclic) bond motifs is 3. The lowest BCUT2D eigenvalue weighted by molar-refractivity contribution is -0.384. The van der Waals surface area contributed by atoms with Crippen LogP contribution in [-0.2, 0) is 0 Å². The molecule has 0 spiro atoms. The lowest BCUT2D eigenvalue weighted by atomic mass is 10.1. The van der Waals surface area contributed by atoms with Crippen molar-refractivity contribution in [3.8, 4) is 16.9 Å². The molecule has 0 saturated carbocycles. The SMILES string of the molecule is O=[N+]([O-])c1ccc(-c2nn(-c3ccc(Br)cc3)c3c2nnc2ccccc23)cc1. The number of nitrogens with zero attached hydrogens (tertiary/aromatic N) is 5. The second-order valence-corrected chi connectivity index (χ2v) is 7.37. The lowest BCUT2D eigenvalue weighted by Crippen LogP contribution is -1.97. The van der Waals surface area contributed by atoms with Gasteiger partial charge in [-0.05, 0) is 42.5 Å². The molecule has 7 nitrogen and oxygen atoms in total. The summed E-state index contributed by atoms with van der Waals surface area (Å²) in [7, 11) is 0. The van der Waals surface area contributed by atoms with Crippen molar-refractivity contribution < 1.29 is 4.92 Å². The average molecular weight is 446 g/mol. The number of hydrogen-bond donors (Lipinski definition) is 0. The largest absolute Gasteiger partial charge is 0.269 e. The number of non-ortho nitro benzene ring substituents is 1. The molecule has 5 rings (SSSR count). The quantitative estimate of drug-likeness (QED) is 0.277. The van der Waals surface area contributed by atoms with E-state index in [1.165, 1.54) is 12.1 Å². The van der Waals surface area contributed by atoms with Gasteiger partial charge in [0.1, 0.15) is 16.7 Å². The predicted molar refractivity (Wildman–Crippen MR) is 114 cm³/mol. The third-order valence-corrected chi connectivity index (χ3v) is 5.23. The minimum absolute atomic E-state index is 0.0296. The van der Waals surface area contributed by atoms with E-state index in [0.717, 1.165) is 32.1 Å². The van der Waals surface area contributed by atoms with Gasteiger partial charge in [-0.3, -0.25) is 10.1 Å². The lowest BCUT2D eigenvalue weighted by Gasteiger charge is -2.05. The molecule has 29 heavy (non-hydrogen) atoms. The zero-order chi connectivity index (χ0) is 20.0. The van der Waals surface area contributed by atoms with Crippen LogP contribution in [0.3, 0.4) is 0 Å². The standard InChI is InChI=1S/C21H12BrN5O2/c22-14-7-11-15(12-8-14)26-21-17-3-1-2-4-18(17)23-24-20(21)19(25-26)13-5-9-16(10-6-13)27(28)29/h1-12H. The fraction of sp³-hybridized carbons (Fsp3) is 0. The Morgan fingerprint density at radius 1 is 0.897 bits per heavy atom. The van der Waals surface area contributed by atoms with Crippen LogP contribution in [-0.4, -0.2) is 24.9 Å². The smallest absolute Gasteiger partial charge is 0.258 e.